The lowest BCUT2D eigenvalue weighted by atomic mass is 9.65. The van der Waals surface area contributed by atoms with E-state index in [9.17, 15) is 0 Å². The molecule has 0 spiro atoms. The second-order valence-corrected chi connectivity index (χ2v) is 6.28. The van der Waals surface area contributed by atoms with Gasteiger partial charge in [0.05, 0.1) is 0 Å². The van der Waals surface area contributed by atoms with E-state index in [-0.39, 0.29) is 0 Å². The number of hydrogen-bond donors (Lipinski definition) is 0. The third kappa shape index (κ3) is 1.48. The normalized spacial score (nSPS) is 50.8. The first-order chi connectivity index (χ1) is 6.95. The molecule has 6 atom stereocenters. The van der Waals surface area contributed by atoms with Crippen molar-refractivity contribution in [3.05, 3.63) is 11.1 Å². The van der Waals surface area contributed by atoms with Crippen LogP contribution in [0.4, 0.5) is 0 Å². The van der Waals surface area contributed by atoms with Crippen LogP contribution in [0.25, 0.3) is 0 Å². The minimum atomic E-state index is 0.809. The van der Waals surface area contributed by atoms with Crippen LogP contribution in [0.15, 0.2) is 11.1 Å². The molecule has 0 aromatic carbocycles. The Hall–Kier alpha value is -0.260. The van der Waals surface area contributed by atoms with Crippen molar-refractivity contribution in [1.29, 1.82) is 0 Å². The molecule has 0 heteroatoms. The van der Waals surface area contributed by atoms with Gasteiger partial charge in [0.15, 0.2) is 0 Å². The Bertz CT molecular complexity index is 286. The lowest BCUT2D eigenvalue weighted by Gasteiger charge is -2.40. The van der Waals surface area contributed by atoms with E-state index in [1.54, 1.807) is 11.1 Å². The van der Waals surface area contributed by atoms with Crippen molar-refractivity contribution >= 4 is 0 Å². The first-order valence-electron chi connectivity index (χ1n) is 6.62. The minimum Gasteiger partial charge on any atom is -0.0710 e. The maximum absolute atomic E-state index is 2.48. The van der Waals surface area contributed by atoms with Gasteiger partial charge in [-0.2, -0.15) is 0 Å². The van der Waals surface area contributed by atoms with Crippen LogP contribution in [-0.4, -0.2) is 0 Å². The number of fused-ring (bicyclic) bond motifs is 1. The van der Waals surface area contributed by atoms with Gasteiger partial charge in [0.1, 0.15) is 0 Å². The van der Waals surface area contributed by atoms with Gasteiger partial charge in [-0.1, -0.05) is 38.8 Å². The lowest BCUT2D eigenvalue weighted by molar-refractivity contribution is 0.208. The fraction of sp³-hybridized carbons (Fsp3) is 0.867. The molecule has 0 nitrogen and oxygen atoms in total. The standard InChI is InChI=1S/C15H26/c1-8-7-14-12(5)10(3)11(4)13(6)15(14)9(8)2/h8-10,12,14-15H,7H2,1-6H3/t8?,9?,10-,12?,14-,15?/m0/s1. The summed E-state index contributed by atoms with van der Waals surface area (Å²) in [6, 6.07) is 0. The Balaban J connectivity index is 2.39. The molecule has 1 fully saturated rings. The average Bonchev–Trinajstić information content (AvgIpc) is 2.50. The molecule has 86 valence electrons. The fourth-order valence-corrected chi connectivity index (χ4v) is 4.18. The van der Waals surface area contributed by atoms with Crippen LogP contribution in [0.3, 0.4) is 0 Å². The number of hydrogen-bond acceptors (Lipinski definition) is 0. The van der Waals surface area contributed by atoms with E-state index in [1.807, 2.05) is 0 Å². The largest absolute Gasteiger partial charge is 0.0710 e. The van der Waals surface area contributed by atoms with Gasteiger partial charge in [-0.25, -0.2) is 0 Å². The predicted octanol–water partition coefficient (Wildman–Crippen LogP) is 4.52. The Morgan fingerprint density at radius 3 is 2.07 bits per heavy atom. The molecule has 0 saturated heterocycles. The van der Waals surface area contributed by atoms with Gasteiger partial charge in [0.25, 0.3) is 0 Å². The van der Waals surface area contributed by atoms with Crippen LogP contribution < -0.4 is 0 Å². The third-order valence-corrected chi connectivity index (χ3v) is 5.84. The van der Waals surface area contributed by atoms with Crippen molar-refractivity contribution in [3.63, 3.8) is 0 Å². The van der Waals surface area contributed by atoms with E-state index in [1.165, 1.54) is 6.42 Å². The molecule has 2 aliphatic carbocycles. The summed E-state index contributed by atoms with van der Waals surface area (Å²) in [6.45, 7) is 14.6. The summed E-state index contributed by atoms with van der Waals surface area (Å²) in [6.07, 6.45) is 1.46. The second-order valence-electron chi connectivity index (χ2n) is 6.28. The van der Waals surface area contributed by atoms with Crippen LogP contribution in [0.5, 0.6) is 0 Å². The zero-order chi connectivity index (χ0) is 11.3. The molecular weight excluding hydrogens is 180 g/mol. The molecule has 2 aliphatic rings. The van der Waals surface area contributed by atoms with E-state index in [0.29, 0.717) is 0 Å². The summed E-state index contributed by atoms with van der Waals surface area (Å²) in [5.74, 6) is 5.39. The topological polar surface area (TPSA) is 0 Å². The van der Waals surface area contributed by atoms with Crippen LogP contribution in [0.1, 0.15) is 48.0 Å². The maximum Gasteiger partial charge on any atom is -0.0144 e. The average molecular weight is 206 g/mol. The van der Waals surface area contributed by atoms with Crippen LogP contribution >= 0.6 is 0 Å². The van der Waals surface area contributed by atoms with Crippen molar-refractivity contribution in [2.24, 2.45) is 35.5 Å². The monoisotopic (exact) mass is 206 g/mol. The third-order valence-electron chi connectivity index (χ3n) is 5.84. The Kier molecular flexibility index (Phi) is 2.73. The van der Waals surface area contributed by atoms with Gasteiger partial charge < -0.3 is 0 Å². The molecule has 0 heterocycles. The molecule has 0 aromatic rings. The smallest absolute Gasteiger partial charge is 0.0144 e. The fourth-order valence-electron chi connectivity index (χ4n) is 4.18. The van der Waals surface area contributed by atoms with E-state index in [2.05, 4.69) is 41.5 Å². The molecule has 1 saturated carbocycles. The summed E-state index contributed by atoms with van der Waals surface area (Å²) in [7, 11) is 0. The van der Waals surface area contributed by atoms with Crippen molar-refractivity contribution in [2.45, 2.75) is 48.0 Å². The van der Waals surface area contributed by atoms with Crippen molar-refractivity contribution in [2.75, 3.05) is 0 Å². The van der Waals surface area contributed by atoms with E-state index >= 15 is 0 Å². The zero-order valence-electron chi connectivity index (χ0n) is 11.2. The van der Waals surface area contributed by atoms with Gasteiger partial charge in [0.2, 0.25) is 0 Å². The highest BCUT2D eigenvalue weighted by Gasteiger charge is 2.46. The predicted molar refractivity (Wildman–Crippen MR) is 66.6 cm³/mol. The van der Waals surface area contributed by atoms with Crippen molar-refractivity contribution in [1.82, 2.24) is 0 Å². The summed E-state index contributed by atoms with van der Waals surface area (Å²) in [5, 5.41) is 0. The molecule has 0 amide bonds. The van der Waals surface area contributed by atoms with E-state index < -0.39 is 0 Å². The van der Waals surface area contributed by atoms with Gasteiger partial charge in [0, 0.05) is 0 Å². The number of allylic oxidation sites excluding steroid dienone is 2. The van der Waals surface area contributed by atoms with Gasteiger partial charge in [-0.15, -0.1) is 0 Å². The highest BCUT2D eigenvalue weighted by Crippen LogP contribution is 2.54. The molecule has 4 unspecified atom stereocenters. The summed E-state index contributed by atoms with van der Waals surface area (Å²) in [4.78, 5) is 0. The summed E-state index contributed by atoms with van der Waals surface area (Å²) >= 11 is 0. The van der Waals surface area contributed by atoms with Crippen LogP contribution in [0.2, 0.25) is 0 Å². The van der Waals surface area contributed by atoms with Crippen molar-refractivity contribution < 1.29 is 0 Å². The van der Waals surface area contributed by atoms with Gasteiger partial charge >= 0.3 is 0 Å². The molecule has 0 N–H and O–H groups in total. The SMILES string of the molecule is CC1=C(C)[C@H](C)C(C)[C@@H]2CC(C)C(C)C12. The molecular formula is C15H26. The number of rotatable bonds is 0. The summed E-state index contributed by atoms with van der Waals surface area (Å²) in [5.41, 5.74) is 3.41. The highest BCUT2D eigenvalue weighted by atomic mass is 14.5. The van der Waals surface area contributed by atoms with Crippen LogP contribution in [-0.2, 0) is 0 Å². The first kappa shape index (κ1) is 11.2. The van der Waals surface area contributed by atoms with E-state index in [4.69, 9.17) is 0 Å². The van der Waals surface area contributed by atoms with E-state index in [0.717, 1.165) is 35.5 Å². The zero-order valence-corrected chi connectivity index (χ0v) is 11.2. The molecule has 15 heavy (non-hydrogen) atoms. The Morgan fingerprint density at radius 2 is 1.47 bits per heavy atom. The Morgan fingerprint density at radius 1 is 0.867 bits per heavy atom. The quantitative estimate of drug-likeness (QED) is 0.511. The van der Waals surface area contributed by atoms with Gasteiger partial charge in [-0.05, 0) is 55.8 Å². The second kappa shape index (κ2) is 3.64. The molecule has 0 aromatic heterocycles. The molecule has 2 rings (SSSR count). The lowest BCUT2D eigenvalue weighted by Crippen LogP contribution is -2.31. The molecule has 0 radical (unpaired) electrons. The Labute approximate surface area is 95.1 Å². The maximum atomic E-state index is 2.48. The minimum absolute atomic E-state index is 0.809. The van der Waals surface area contributed by atoms with Crippen molar-refractivity contribution in [3.8, 4) is 0 Å². The van der Waals surface area contributed by atoms with Gasteiger partial charge in [-0.3, -0.25) is 0 Å². The molecule has 0 aliphatic heterocycles. The highest BCUT2D eigenvalue weighted by molar-refractivity contribution is 5.24. The summed E-state index contributed by atoms with van der Waals surface area (Å²) < 4.78 is 0. The molecule has 0 bridgehead atoms. The first-order valence-corrected chi connectivity index (χ1v) is 6.62. The van der Waals surface area contributed by atoms with Crippen LogP contribution in [0, 0.1) is 35.5 Å².